The summed E-state index contributed by atoms with van der Waals surface area (Å²) in [5.74, 6) is -0.332. The zero-order chi connectivity index (χ0) is 22.3. The van der Waals surface area contributed by atoms with E-state index in [0.717, 1.165) is 0 Å². The van der Waals surface area contributed by atoms with Crippen LogP contribution in [0, 0.1) is 0 Å². The fourth-order valence-electron chi connectivity index (χ4n) is 2.27. The Morgan fingerprint density at radius 1 is 1.10 bits per heavy atom. The molecule has 2 rings (SSSR count). The molecule has 30 heavy (non-hydrogen) atoms. The number of nitrogens with zero attached hydrogens (tertiary/aromatic N) is 1. The van der Waals surface area contributed by atoms with Crippen molar-refractivity contribution in [2.24, 2.45) is 10.9 Å². The first-order valence-electron chi connectivity index (χ1n) is 8.52. The Balaban J connectivity index is 2.07. The van der Waals surface area contributed by atoms with E-state index in [1.807, 2.05) is 0 Å². The quantitative estimate of drug-likeness (QED) is 0.348. The fraction of sp³-hybridized carbons (Fsp3) is 0.263. The lowest BCUT2D eigenvalue weighted by Crippen LogP contribution is -2.27. The molecule has 0 radical (unpaired) electrons. The third kappa shape index (κ3) is 6.11. The number of ether oxygens (including phenoxy) is 3. The zero-order valence-corrected chi connectivity index (χ0v) is 17.1. The second kappa shape index (κ2) is 10.5. The lowest BCUT2D eigenvalue weighted by molar-refractivity contribution is -0.126. The van der Waals surface area contributed by atoms with Crippen LogP contribution in [-0.4, -0.2) is 38.7 Å². The van der Waals surface area contributed by atoms with Crippen molar-refractivity contribution in [2.45, 2.75) is 19.6 Å². The van der Waals surface area contributed by atoms with Gasteiger partial charge in [0.15, 0.2) is 17.3 Å². The van der Waals surface area contributed by atoms with Gasteiger partial charge in [0.2, 0.25) is 6.10 Å². The van der Waals surface area contributed by atoms with Gasteiger partial charge in [-0.3, -0.25) is 4.79 Å². The summed E-state index contributed by atoms with van der Waals surface area (Å²) in [6.45, 7) is -1.54. The van der Waals surface area contributed by atoms with Gasteiger partial charge in [-0.15, -0.1) is 0 Å². The number of methoxy groups -OCH3 is 2. The van der Waals surface area contributed by atoms with Crippen LogP contribution in [0.4, 0.5) is 14.5 Å². The van der Waals surface area contributed by atoms with Crippen LogP contribution in [0.1, 0.15) is 12.5 Å². The van der Waals surface area contributed by atoms with Crippen molar-refractivity contribution in [2.75, 3.05) is 19.5 Å². The van der Waals surface area contributed by atoms with Crippen LogP contribution in [0.2, 0.25) is 5.02 Å². The highest BCUT2D eigenvalue weighted by Crippen LogP contribution is 2.30. The molecule has 1 unspecified atom stereocenters. The molecule has 3 N–H and O–H groups in total. The summed E-state index contributed by atoms with van der Waals surface area (Å²) < 4.78 is 39.3. The van der Waals surface area contributed by atoms with Crippen molar-refractivity contribution in [3.63, 3.8) is 0 Å². The molecule has 0 heterocycles. The highest BCUT2D eigenvalue weighted by Gasteiger charge is 2.18. The predicted octanol–water partition coefficient (Wildman–Crippen LogP) is 3.62. The van der Waals surface area contributed by atoms with Crippen molar-refractivity contribution >= 4 is 29.0 Å². The van der Waals surface area contributed by atoms with Gasteiger partial charge in [-0.05, 0) is 43.3 Å². The summed E-state index contributed by atoms with van der Waals surface area (Å²) in [6.07, 6.45) is -1.02. The minimum Gasteiger partial charge on any atom is -0.495 e. The number of amidine groups is 1. The summed E-state index contributed by atoms with van der Waals surface area (Å²) in [5, 5.41) is 6.75. The number of carbonyl (C=O) groups excluding carboxylic acids is 1. The molecule has 1 atom stereocenters. The number of rotatable bonds is 9. The van der Waals surface area contributed by atoms with Gasteiger partial charge in [0.1, 0.15) is 5.75 Å². The summed E-state index contributed by atoms with van der Waals surface area (Å²) in [5.41, 5.74) is 6.53. The number of anilines is 1. The maximum Gasteiger partial charge on any atom is 0.387 e. The molecular formula is C19H20ClF2N3O5. The molecule has 11 heteroatoms. The molecule has 0 spiro atoms. The molecule has 0 aromatic heterocycles. The molecule has 0 fully saturated rings. The normalized spacial score (nSPS) is 12.3. The summed E-state index contributed by atoms with van der Waals surface area (Å²) in [4.78, 5) is 17.5. The van der Waals surface area contributed by atoms with E-state index in [1.165, 1.54) is 45.4 Å². The number of alkyl halides is 2. The molecule has 0 aliphatic carbocycles. The van der Waals surface area contributed by atoms with E-state index in [1.54, 1.807) is 12.1 Å². The Hall–Kier alpha value is -3.27. The number of carbonyl (C=O) groups is 1. The second-order valence-corrected chi connectivity index (χ2v) is 6.24. The molecule has 1 amide bonds. The number of hydrogen-bond donors (Lipinski definition) is 2. The van der Waals surface area contributed by atoms with Crippen LogP contribution in [0.3, 0.4) is 0 Å². The molecule has 8 nitrogen and oxygen atoms in total. The van der Waals surface area contributed by atoms with Crippen molar-refractivity contribution in [3.05, 3.63) is 47.0 Å². The molecule has 2 aromatic rings. The SMILES string of the molecule is COc1ccc(Cl)cc1NC(=O)C(C)O/N=C(/N)c1ccc(OC(F)F)c(OC)c1. The topological polar surface area (TPSA) is 104 Å². The number of amides is 1. The minimum absolute atomic E-state index is 0.0322. The van der Waals surface area contributed by atoms with Gasteiger partial charge < -0.3 is 30.1 Å². The lowest BCUT2D eigenvalue weighted by atomic mass is 10.2. The minimum atomic E-state index is -3.00. The maximum atomic E-state index is 12.4. The van der Waals surface area contributed by atoms with Gasteiger partial charge in [0, 0.05) is 10.6 Å². The van der Waals surface area contributed by atoms with E-state index in [0.29, 0.717) is 22.0 Å². The van der Waals surface area contributed by atoms with E-state index < -0.39 is 18.6 Å². The van der Waals surface area contributed by atoms with Gasteiger partial charge in [-0.2, -0.15) is 8.78 Å². The highest BCUT2D eigenvalue weighted by molar-refractivity contribution is 6.31. The number of halogens is 3. The first kappa shape index (κ1) is 23.0. The smallest absolute Gasteiger partial charge is 0.387 e. The number of hydrogen-bond acceptors (Lipinski definition) is 6. The van der Waals surface area contributed by atoms with E-state index in [-0.39, 0.29) is 17.3 Å². The monoisotopic (exact) mass is 443 g/mol. The standard InChI is InChI=1S/C19H20ClF2N3O5/c1-10(18(26)24-13-9-12(20)5-7-14(13)27-2)30-25-17(23)11-4-6-15(29-19(21)22)16(8-11)28-3/h4-10,19H,1-3H3,(H2,23,25)(H,24,26). The van der Waals surface area contributed by atoms with E-state index in [9.17, 15) is 13.6 Å². The van der Waals surface area contributed by atoms with Gasteiger partial charge in [0.05, 0.1) is 19.9 Å². The Bertz CT molecular complexity index is 927. The summed E-state index contributed by atoms with van der Waals surface area (Å²) >= 11 is 5.93. The second-order valence-electron chi connectivity index (χ2n) is 5.80. The van der Waals surface area contributed by atoms with Gasteiger partial charge >= 0.3 is 6.61 Å². The Kier molecular flexibility index (Phi) is 8.05. The Morgan fingerprint density at radius 3 is 2.40 bits per heavy atom. The summed E-state index contributed by atoms with van der Waals surface area (Å²) in [6, 6.07) is 8.74. The number of nitrogens with one attached hydrogen (secondary N) is 1. The fourth-order valence-corrected chi connectivity index (χ4v) is 2.44. The zero-order valence-electron chi connectivity index (χ0n) is 16.3. The van der Waals surface area contributed by atoms with E-state index in [4.69, 9.17) is 31.6 Å². The Morgan fingerprint density at radius 2 is 1.77 bits per heavy atom. The summed E-state index contributed by atoms with van der Waals surface area (Å²) in [7, 11) is 2.74. The average Bonchev–Trinajstić information content (AvgIpc) is 2.71. The van der Waals surface area contributed by atoms with E-state index in [2.05, 4.69) is 15.2 Å². The highest BCUT2D eigenvalue weighted by atomic mass is 35.5. The van der Waals surface area contributed by atoms with Crippen molar-refractivity contribution in [1.82, 2.24) is 0 Å². The maximum absolute atomic E-state index is 12.4. The van der Waals surface area contributed by atoms with Crippen LogP contribution in [-0.2, 0) is 9.63 Å². The van der Waals surface area contributed by atoms with Gasteiger partial charge in [-0.25, -0.2) is 0 Å². The number of benzene rings is 2. The molecule has 0 aliphatic heterocycles. The van der Waals surface area contributed by atoms with Crippen LogP contribution >= 0.6 is 11.6 Å². The van der Waals surface area contributed by atoms with Crippen molar-refractivity contribution in [3.8, 4) is 17.2 Å². The molecule has 2 aromatic carbocycles. The predicted molar refractivity (Wildman–Crippen MR) is 108 cm³/mol. The molecular weight excluding hydrogens is 424 g/mol. The van der Waals surface area contributed by atoms with Crippen LogP contribution in [0.15, 0.2) is 41.6 Å². The van der Waals surface area contributed by atoms with E-state index >= 15 is 0 Å². The van der Waals surface area contributed by atoms with Crippen LogP contribution < -0.4 is 25.3 Å². The van der Waals surface area contributed by atoms with Gasteiger partial charge in [0.25, 0.3) is 5.91 Å². The van der Waals surface area contributed by atoms with Crippen molar-refractivity contribution in [1.29, 1.82) is 0 Å². The average molecular weight is 444 g/mol. The first-order chi connectivity index (χ1) is 14.2. The first-order valence-corrected chi connectivity index (χ1v) is 8.89. The molecule has 0 saturated heterocycles. The molecule has 0 bridgehead atoms. The molecule has 0 aliphatic rings. The van der Waals surface area contributed by atoms with Crippen molar-refractivity contribution < 1.29 is 32.6 Å². The lowest BCUT2D eigenvalue weighted by Gasteiger charge is -2.14. The third-order valence-corrected chi connectivity index (χ3v) is 4.01. The van der Waals surface area contributed by atoms with Gasteiger partial charge in [-0.1, -0.05) is 16.8 Å². The number of oxime groups is 1. The largest absolute Gasteiger partial charge is 0.495 e. The molecule has 162 valence electrons. The van der Waals surface area contributed by atoms with Crippen LogP contribution in [0.5, 0.6) is 17.2 Å². The number of nitrogens with two attached hydrogens (primary N) is 1. The third-order valence-electron chi connectivity index (χ3n) is 3.77. The molecule has 0 saturated carbocycles. The Labute approximate surface area is 176 Å². The van der Waals surface area contributed by atoms with Crippen LogP contribution in [0.25, 0.3) is 0 Å².